The lowest BCUT2D eigenvalue weighted by molar-refractivity contribution is 0.0682. The fraction of sp³-hybridized carbons (Fsp3) is 0.125. The van der Waals surface area contributed by atoms with Crippen LogP contribution in [0.3, 0.4) is 0 Å². The molecule has 0 spiro atoms. The average molecular weight is 270 g/mol. The van der Waals surface area contributed by atoms with Gasteiger partial charge in [-0.15, -0.1) is 0 Å². The van der Waals surface area contributed by atoms with Crippen LogP contribution >= 0.6 is 0 Å². The van der Waals surface area contributed by atoms with Crippen molar-refractivity contribution < 1.29 is 19.8 Å². The van der Waals surface area contributed by atoms with Gasteiger partial charge >= 0.3 is 11.9 Å². The molecule has 0 aliphatic heterocycles. The molecule has 0 atom stereocenters. The topological polar surface area (TPSA) is 74.6 Å². The minimum atomic E-state index is -1.08. The lowest BCUT2D eigenvalue weighted by Crippen LogP contribution is -2.03. The molecule has 0 fully saturated rings. The van der Waals surface area contributed by atoms with Crippen molar-refractivity contribution >= 4 is 11.9 Å². The van der Waals surface area contributed by atoms with E-state index in [1.165, 1.54) is 18.2 Å². The van der Waals surface area contributed by atoms with E-state index < -0.39 is 11.9 Å². The normalized spacial score (nSPS) is 10.3. The van der Waals surface area contributed by atoms with Crippen molar-refractivity contribution in [3.8, 4) is 11.1 Å². The molecule has 0 bridgehead atoms. The zero-order chi connectivity index (χ0) is 14.9. The Kier molecular flexibility index (Phi) is 3.57. The molecule has 2 N–H and O–H groups in total. The van der Waals surface area contributed by atoms with Gasteiger partial charge in [0.15, 0.2) is 0 Å². The van der Waals surface area contributed by atoms with Gasteiger partial charge in [-0.3, -0.25) is 0 Å². The van der Waals surface area contributed by atoms with Gasteiger partial charge in [0, 0.05) is 0 Å². The van der Waals surface area contributed by atoms with Crippen LogP contribution in [-0.4, -0.2) is 22.2 Å². The van der Waals surface area contributed by atoms with E-state index in [9.17, 15) is 14.7 Å². The summed E-state index contributed by atoms with van der Waals surface area (Å²) in [7, 11) is 0. The number of carboxylic acid groups (broad SMARTS) is 2. The molecule has 2 aromatic rings. The number of carboxylic acids is 2. The van der Waals surface area contributed by atoms with Crippen LogP contribution in [-0.2, 0) is 0 Å². The van der Waals surface area contributed by atoms with Crippen LogP contribution < -0.4 is 0 Å². The Balaban J connectivity index is 2.71. The van der Waals surface area contributed by atoms with Gasteiger partial charge in [0.2, 0.25) is 0 Å². The highest BCUT2D eigenvalue weighted by atomic mass is 16.4. The standard InChI is InChI=1S/C16H14O4/c1-9-5-10(2)7-12(6-9)14-8-11(15(17)18)3-4-13(14)16(19)20/h3-8H,1-2H3,(H,17,18)(H,19,20). The van der Waals surface area contributed by atoms with E-state index in [2.05, 4.69) is 0 Å². The molecule has 0 aromatic heterocycles. The van der Waals surface area contributed by atoms with Gasteiger partial charge in [0.25, 0.3) is 0 Å². The van der Waals surface area contributed by atoms with E-state index in [4.69, 9.17) is 5.11 Å². The van der Waals surface area contributed by atoms with Gasteiger partial charge in [-0.2, -0.15) is 0 Å². The molecule has 4 nitrogen and oxygen atoms in total. The summed E-state index contributed by atoms with van der Waals surface area (Å²) < 4.78 is 0. The third-order valence-corrected chi connectivity index (χ3v) is 3.03. The second-order valence-electron chi connectivity index (χ2n) is 4.75. The molecular weight excluding hydrogens is 256 g/mol. The van der Waals surface area contributed by atoms with E-state index >= 15 is 0 Å². The summed E-state index contributed by atoms with van der Waals surface area (Å²) in [5, 5.41) is 18.3. The van der Waals surface area contributed by atoms with Crippen molar-refractivity contribution in [2.45, 2.75) is 13.8 Å². The first-order chi connectivity index (χ1) is 9.38. The number of hydrogen-bond acceptors (Lipinski definition) is 2. The van der Waals surface area contributed by atoms with Gasteiger partial charge in [-0.05, 0) is 43.2 Å². The number of benzene rings is 2. The van der Waals surface area contributed by atoms with Crippen LogP contribution in [0.15, 0.2) is 36.4 Å². The van der Waals surface area contributed by atoms with Crippen molar-refractivity contribution in [1.29, 1.82) is 0 Å². The molecule has 0 aliphatic carbocycles. The molecule has 0 aliphatic rings. The summed E-state index contributed by atoms with van der Waals surface area (Å²) in [6, 6.07) is 9.71. The molecule has 0 amide bonds. The Morgan fingerprint density at radius 1 is 0.850 bits per heavy atom. The van der Waals surface area contributed by atoms with Crippen molar-refractivity contribution in [3.05, 3.63) is 58.7 Å². The lowest BCUT2D eigenvalue weighted by Gasteiger charge is -2.10. The Bertz CT molecular complexity index is 681. The number of rotatable bonds is 3. The van der Waals surface area contributed by atoms with Crippen LogP contribution in [0.4, 0.5) is 0 Å². The summed E-state index contributed by atoms with van der Waals surface area (Å²) in [6.07, 6.45) is 0. The van der Waals surface area contributed by atoms with E-state index in [0.717, 1.165) is 11.1 Å². The van der Waals surface area contributed by atoms with Crippen molar-refractivity contribution in [3.63, 3.8) is 0 Å². The predicted octanol–water partition coefficient (Wildman–Crippen LogP) is 3.37. The highest BCUT2D eigenvalue weighted by Crippen LogP contribution is 2.27. The molecule has 0 heterocycles. The third-order valence-electron chi connectivity index (χ3n) is 3.03. The fourth-order valence-corrected chi connectivity index (χ4v) is 2.23. The molecule has 2 aromatic carbocycles. The third kappa shape index (κ3) is 2.69. The maximum absolute atomic E-state index is 11.3. The quantitative estimate of drug-likeness (QED) is 0.896. The molecule has 0 saturated heterocycles. The minimum Gasteiger partial charge on any atom is -0.478 e. The van der Waals surface area contributed by atoms with E-state index in [1.54, 1.807) is 0 Å². The first-order valence-corrected chi connectivity index (χ1v) is 6.08. The van der Waals surface area contributed by atoms with Gasteiger partial charge < -0.3 is 10.2 Å². The minimum absolute atomic E-state index is 0.0733. The Morgan fingerprint density at radius 3 is 1.95 bits per heavy atom. The first-order valence-electron chi connectivity index (χ1n) is 6.08. The molecule has 0 saturated carbocycles. The van der Waals surface area contributed by atoms with Crippen molar-refractivity contribution in [2.24, 2.45) is 0 Å². The number of carbonyl (C=O) groups is 2. The molecule has 102 valence electrons. The number of hydrogen-bond donors (Lipinski definition) is 2. The zero-order valence-electron chi connectivity index (χ0n) is 11.2. The van der Waals surface area contributed by atoms with Crippen LogP contribution in [0.5, 0.6) is 0 Å². The first kappa shape index (κ1) is 13.8. The van der Waals surface area contributed by atoms with Crippen molar-refractivity contribution in [1.82, 2.24) is 0 Å². The highest BCUT2D eigenvalue weighted by Gasteiger charge is 2.15. The van der Waals surface area contributed by atoms with E-state index in [0.29, 0.717) is 11.1 Å². The van der Waals surface area contributed by atoms with Crippen molar-refractivity contribution in [2.75, 3.05) is 0 Å². The van der Waals surface area contributed by atoms with Crippen LogP contribution in [0, 0.1) is 13.8 Å². The fourth-order valence-electron chi connectivity index (χ4n) is 2.23. The second-order valence-corrected chi connectivity index (χ2v) is 4.75. The molecule has 4 heteroatoms. The van der Waals surface area contributed by atoms with Crippen LogP contribution in [0.2, 0.25) is 0 Å². The Morgan fingerprint density at radius 2 is 1.45 bits per heavy atom. The zero-order valence-corrected chi connectivity index (χ0v) is 11.2. The Hall–Kier alpha value is -2.62. The Labute approximate surface area is 116 Å². The SMILES string of the molecule is Cc1cc(C)cc(-c2cc(C(=O)O)ccc2C(=O)O)c1. The summed E-state index contributed by atoms with van der Waals surface area (Å²) in [4.78, 5) is 22.4. The molecular formula is C16H14O4. The monoisotopic (exact) mass is 270 g/mol. The lowest BCUT2D eigenvalue weighted by atomic mass is 9.95. The van der Waals surface area contributed by atoms with Crippen LogP contribution in [0.25, 0.3) is 11.1 Å². The van der Waals surface area contributed by atoms with Gasteiger partial charge in [0.1, 0.15) is 0 Å². The summed E-state index contributed by atoms with van der Waals surface area (Å²) in [5.74, 6) is -2.15. The molecule has 20 heavy (non-hydrogen) atoms. The van der Waals surface area contributed by atoms with Gasteiger partial charge in [-0.1, -0.05) is 29.3 Å². The average Bonchev–Trinajstić information content (AvgIpc) is 2.36. The largest absolute Gasteiger partial charge is 0.478 e. The molecule has 0 radical (unpaired) electrons. The number of aromatic carboxylic acids is 2. The second kappa shape index (κ2) is 5.17. The predicted molar refractivity (Wildman–Crippen MR) is 75.3 cm³/mol. The van der Waals surface area contributed by atoms with Gasteiger partial charge in [-0.25, -0.2) is 9.59 Å². The summed E-state index contributed by atoms with van der Waals surface area (Å²) >= 11 is 0. The molecule has 2 rings (SSSR count). The summed E-state index contributed by atoms with van der Waals surface area (Å²) in [6.45, 7) is 3.83. The van der Waals surface area contributed by atoms with E-state index in [1.807, 2.05) is 32.0 Å². The van der Waals surface area contributed by atoms with Crippen LogP contribution in [0.1, 0.15) is 31.8 Å². The van der Waals surface area contributed by atoms with Gasteiger partial charge in [0.05, 0.1) is 11.1 Å². The summed E-state index contributed by atoms with van der Waals surface area (Å²) in [5.41, 5.74) is 3.30. The maximum atomic E-state index is 11.3. The number of aryl methyl sites for hydroxylation is 2. The smallest absolute Gasteiger partial charge is 0.336 e. The highest BCUT2D eigenvalue weighted by molar-refractivity contribution is 5.99. The maximum Gasteiger partial charge on any atom is 0.336 e. The molecule has 0 unspecified atom stereocenters. The van der Waals surface area contributed by atoms with E-state index in [-0.39, 0.29) is 11.1 Å².